The molecule has 0 atom stereocenters. The summed E-state index contributed by atoms with van der Waals surface area (Å²) in [5, 5.41) is 23.4. The smallest absolute Gasteiger partial charge is 0.420 e. The lowest BCUT2D eigenvalue weighted by molar-refractivity contribution is -0.136. The summed E-state index contributed by atoms with van der Waals surface area (Å²) in [5.41, 5.74) is 4.91. The van der Waals surface area contributed by atoms with Crippen LogP contribution in [0.3, 0.4) is 0 Å². The van der Waals surface area contributed by atoms with Crippen molar-refractivity contribution < 1.29 is 26.4 Å². The zero-order valence-corrected chi connectivity index (χ0v) is 32.3. The van der Waals surface area contributed by atoms with Gasteiger partial charge in [0.2, 0.25) is 0 Å². The van der Waals surface area contributed by atoms with Crippen LogP contribution >= 0.6 is 0 Å². The zero-order valence-electron chi connectivity index (χ0n) is 32.3. The molecule has 302 valence electrons. The number of benzene rings is 3. The fourth-order valence-corrected chi connectivity index (χ4v) is 7.93. The monoisotopic (exact) mass is 807 g/mol. The maximum absolute atomic E-state index is 14.9. The summed E-state index contributed by atoms with van der Waals surface area (Å²) in [4.78, 5) is 17.2. The van der Waals surface area contributed by atoms with Crippen molar-refractivity contribution in [1.29, 1.82) is 0 Å². The van der Waals surface area contributed by atoms with E-state index in [0.717, 1.165) is 80.1 Å². The van der Waals surface area contributed by atoms with Crippen LogP contribution in [0.4, 0.5) is 22.0 Å². The van der Waals surface area contributed by atoms with Gasteiger partial charge in [0.15, 0.2) is 34.8 Å². The van der Waals surface area contributed by atoms with E-state index >= 15 is 0 Å². The summed E-state index contributed by atoms with van der Waals surface area (Å²) in [6.45, 7) is 8.93. The molecule has 0 unspecified atom stereocenters. The minimum absolute atomic E-state index is 0.0721. The van der Waals surface area contributed by atoms with Crippen molar-refractivity contribution in [2.45, 2.75) is 64.5 Å². The topological polar surface area (TPSA) is 145 Å². The van der Waals surface area contributed by atoms with Gasteiger partial charge in [0.25, 0.3) is 0 Å². The van der Waals surface area contributed by atoms with E-state index < -0.39 is 17.6 Å². The molecule has 2 aliphatic heterocycles. The van der Waals surface area contributed by atoms with Gasteiger partial charge >= 0.3 is 6.18 Å². The second-order valence-corrected chi connectivity index (χ2v) is 15.2. The number of nitrogens with one attached hydrogen (secondary N) is 2. The van der Waals surface area contributed by atoms with Crippen LogP contribution < -0.4 is 10.6 Å². The number of hydrogen-bond acceptors (Lipinski definition) is 11. The van der Waals surface area contributed by atoms with E-state index in [4.69, 9.17) is 4.42 Å². The molecular formula is C42H38F5N11O. The molecule has 59 heavy (non-hydrogen) atoms. The van der Waals surface area contributed by atoms with E-state index in [9.17, 15) is 22.0 Å². The quantitative estimate of drug-likeness (QED) is 0.166. The van der Waals surface area contributed by atoms with Crippen LogP contribution in [-0.4, -0.2) is 70.9 Å². The fourth-order valence-electron chi connectivity index (χ4n) is 7.93. The second-order valence-electron chi connectivity index (χ2n) is 15.2. The first kappa shape index (κ1) is 38.4. The molecule has 12 nitrogen and oxygen atoms in total. The number of oxazole rings is 1. The summed E-state index contributed by atoms with van der Waals surface area (Å²) < 4.78 is 77.7. The summed E-state index contributed by atoms with van der Waals surface area (Å²) in [7, 11) is 0. The zero-order chi connectivity index (χ0) is 41.0. The SMILES string of the molecule is Cc1cn2cc(-c3cc(F)c4nc(C5CCNCC5)nnc4c3)cc(C(F)(F)F)c2n1.Cc1nc2c(C)cc(-c3cc(F)c4nc(C5CCNCC5)nnc4c3)cc2o1. The average Bonchev–Trinajstić information content (AvgIpc) is 3.81. The highest BCUT2D eigenvalue weighted by atomic mass is 19.4. The molecule has 0 amide bonds. The number of hydrogen-bond donors (Lipinski definition) is 2. The molecule has 2 N–H and O–H groups in total. The van der Waals surface area contributed by atoms with Gasteiger partial charge in [-0.25, -0.2) is 28.7 Å². The summed E-state index contributed by atoms with van der Waals surface area (Å²) in [6, 6.07) is 10.9. The molecule has 0 aliphatic carbocycles. The Bertz CT molecular complexity index is 2880. The Hall–Kier alpha value is -6.07. The van der Waals surface area contributed by atoms with Gasteiger partial charge in [0.05, 0.1) is 11.3 Å². The van der Waals surface area contributed by atoms with Crippen molar-refractivity contribution in [3.8, 4) is 22.3 Å². The number of pyridine rings is 1. The first-order chi connectivity index (χ1) is 28.4. The Kier molecular flexibility index (Phi) is 9.95. The van der Waals surface area contributed by atoms with Crippen molar-refractivity contribution in [1.82, 2.24) is 55.4 Å². The Morgan fingerprint density at radius 3 is 1.71 bits per heavy atom. The average molecular weight is 808 g/mol. The predicted molar refractivity (Wildman–Crippen MR) is 211 cm³/mol. The first-order valence-electron chi connectivity index (χ1n) is 19.4. The van der Waals surface area contributed by atoms with Crippen molar-refractivity contribution in [3.63, 3.8) is 0 Å². The van der Waals surface area contributed by atoms with Crippen molar-refractivity contribution in [3.05, 3.63) is 101 Å². The lowest BCUT2D eigenvalue weighted by atomic mass is 9.97. The standard InChI is InChI=1S/C21H18F4N6.C21H20FN5O/c1-11-9-31-10-14(6-15(20(31)27-11)21(23,24)25)13-7-16(22)18-17(8-13)29-30-19(28-18)12-2-4-26-5-3-12;1-11-7-14(10-18-19(11)24-12(2)28-18)15-8-16(22)20-17(9-15)26-27-21(25-20)13-3-5-23-6-4-13/h6-10,12,26H,2-5H2,1H3;7-10,13,23H,3-6H2,1-2H3. The third-order valence-corrected chi connectivity index (χ3v) is 10.9. The normalized spacial score (nSPS) is 15.7. The van der Waals surface area contributed by atoms with Crippen molar-refractivity contribution in [2.24, 2.45) is 0 Å². The van der Waals surface area contributed by atoms with Crippen LogP contribution in [0.5, 0.6) is 0 Å². The molecular weight excluding hydrogens is 770 g/mol. The molecule has 5 aromatic heterocycles. The molecule has 17 heteroatoms. The molecule has 0 spiro atoms. The van der Waals surface area contributed by atoms with Crippen molar-refractivity contribution >= 4 is 38.8 Å². The van der Waals surface area contributed by atoms with E-state index in [1.165, 1.54) is 35.0 Å². The number of aromatic nitrogens is 9. The summed E-state index contributed by atoms with van der Waals surface area (Å²) in [6.07, 6.45) is 1.98. The maximum Gasteiger partial charge on any atom is 0.420 e. The lowest BCUT2D eigenvalue weighted by Crippen LogP contribution is -2.27. The van der Waals surface area contributed by atoms with Gasteiger partial charge in [-0.1, -0.05) is 0 Å². The molecule has 8 aromatic rings. The number of aryl methyl sites for hydroxylation is 3. The Balaban J connectivity index is 0.000000153. The number of piperidine rings is 2. The fraction of sp³-hybridized carbons (Fsp3) is 0.333. The van der Waals surface area contributed by atoms with Gasteiger partial charge in [-0.05, 0) is 136 Å². The summed E-state index contributed by atoms with van der Waals surface area (Å²) in [5.74, 6) is 1.05. The van der Waals surface area contributed by atoms with E-state index in [-0.39, 0.29) is 51.0 Å². The highest BCUT2D eigenvalue weighted by Gasteiger charge is 2.35. The lowest BCUT2D eigenvalue weighted by Gasteiger charge is -2.20. The predicted octanol–water partition coefficient (Wildman–Crippen LogP) is 8.33. The second kappa shape index (κ2) is 15.3. The minimum Gasteiger partial charge on any atom is -0.441 e. The van der Waals surface area contributed by atoms with Gasteiger partial charge in [-0.15, -0.1) is 20.4 Å². The van der Waals surface area contributed by atoms with E-state index in [0.29, 0.717) is 34.3 Å². The highest BCUT2D eigenvalue weighted by Crippen LogP contribution is 2.37. The third kappa shape index (κ3) is 7.67. The molecule has 2 saturated heterocycles. The van der Waals surface area contributed by atoms with Gasteiger partial charge in [-0.3, -0.25) is 0 Å². The van der Waals surface area contributed by atoms with Crippen molar-refractivity contribution in [2.75, 3.05) is 26.2 Å². The molecule has 0 radical (unpaired) electrons. The molecule has 7 heterocycles. The Labute approximate surface area is 333 Å². The molecule has 3 aromatic carbocycles. The van der Waals surface area contributed by atoms with E-state index in [2.05, 4.69) is 51.0 Å². The van der Waals surface area contributed by atoms with Crippen LogP contribution in [-0.2, 0) is 6.18 Å². The van der Waals surface area contributed by atoms with Crippen LogP contribution in [0.2, 0.25) is 0 Å². The van der Waals surface area contributed by atoms with E-state index in [1.54, 1.807) is 6.92 Å². The molecule has 0 bridgehead atoms. The molecule has 0 saturated carbocycles. The van der Waals surface area contributed by atoms with Crippen LogP contribution in [0, 0.1) is 32.4 Å². The number of rotatable bonds is 4. The van der Waals surface area contributed by atoms with Gasteiger partial charge in [0.1, 0.15) is 33.2 Å². The number of fused-ring (bicyclic) bond motifs is 4. The highest BCUT2D eigenvalue weighted by molar-refractivity contribution is 5.87. The largest absolute Gasteiger partial charge is 0.441 e. The molecule has 10 rings (SSSR count). The van der Waals surface area contributed by atoms with E-state index in [1.807, 2.05) is 32.0 Å². The molecule has 2 fully saturated rings. The number of alkyl halides is 3. The third-order valence-electron chi connectivity index (χ3n) is 10.9. The molecule has 2 aliphatic rings. The van der Waals surface area contributed by atoms with Crippen LogP contribution in [0.15, 0.2) is 59.3 Å². The number of imidazole rings is 1. The number of nitrogens with zero attached hydrogens (tertiary/aromatic N) is 9. The van der Waals surface area contributed by atoms with Gasteiger partial charge in [-0.2, -0.15) is 13.2 Å². The van der Waals surface area contributed by atoms with Crippen LogP contribution in [0.25, 0.3) is 61.1 Å². The summed E-state index contributed by atoms with van der Waals surface area (Å²) >= 11 is 0. The minimum atomic E-state index is -4.60. The van der Waals surface area contributed by atoms with Crippen LogP contribution in [0.1, 0.15) is 71.9 Å². The number of halogens is 5. The van der Waals surface area contributed by atoms with Gasteiger partial charge < -0.3 is 19.5 Å². The first-order valence-corrected chi connectivity index (χ1v) is 19.4. The maximum atomic E-state index is 14.9. The Morgan fingerprint density at radius 1 is 0.610 bits per heavy atom. The Morgan fingerprint density at radius 2 is 1.15 bits per heavy atom. The van der Waals surface area contributed by atoms with Gasteiger partial charge in [0, 0.05) is 31.2 Å².